The molecule has 0 aliphatic rings. The average Bonchev–Trinajstić information content (AvgIpc) is 2.43. The van der Waals surface area contributed by atoms with Crippen molar-refractivity contribution in [2.45, 2.75) is 58.3 Å². The van der Waals surface area contributed by atoms with Crippen molar-refractivity contribution >= 4 is 5.97 Å². The topological polar surface area (TPSA) is 26.3 Å². The zero-order valence-corrected chi connectivity index (χ0v) is 12.4. The highest BCUT2D eigenvalue weighted by Gasteiger charge is 1.98. The third kappa shape index (κ3) is 14.6. The van der Waals surface area contributed by atoms with Gasteiger partial charge in [-0.25, -0.2) is 0 Å². The van der Waals surface area contributed by atoms with E-state index in [0.29, 0.717) is 6.42 Å². The summed E-state index contributed by atoms with van der Waals surface area (Å²) in [5.74, 6) is -0.0930. The highest BCUT2D eigenvalue weighted by atomic mass is 16.5. The molecule has 108 valence electrons. The molecule has 0 aromatic carbocycles. The minimum absolute atomic E-state index is 0.0930. The first kappa shape index (κ1) is 17.7. The molecule has 0 atom stereocenters. The van der Waals surface area contributed by atoms with Crippen molar-refractivity contribution in [1.82, 2.24) is 0 Å². The number of unbranched alkanes of at least 4 members (excludes halogenated alkanes) is 4. The quantitative estimate of drug-likeness (QED) is 0.299. The zero-order valence-electron chi connectivity index (χ0n) is 12.4. The van der Waals surface area contributed by atoms with Gasteiger partial charge in [0.15, 0.2) is 0 Å². The van der Waals surface area contributed by atoms with E-state index in [1.807, 2.05) is 6.92 Å². The first-order valence-electron chi connectivity index (χ1n) is 7.29. The summed E-state index contributed by atoms with van der Waals surface area (Å²) in [5, 5.41) is 0. The van der Waals surface area contributed by atoms with Crippen molar-refractivity contribution in [1.29, 1.82) is 0 Å². The highest BCUT2D eigenvalue weighted by Crippen LogP contribution is 2.06. The number of hydrogen-bond acceptors (Lipinski definition) is 2. The van der Waals surface area contributed by atoms with Gasteiger partial charge < -0.3 is 4.74 Å². The predicted octanol–water partition coefficient (Wildman–Crippen LogP) is 4.97. The fraction of sp³-hybridized carbons (Fsp3) is 0.588. The molecule has 0 bridgehead atoms. The molecule has 0 saturated heterocycles. The molecule has 0 saturated carbocycles. The maximum Gasteiger partial charge on any atom is 0.305 e. The van der Waals surface area contributed by atoms with Crippen LogP contribution in [0.15, 0.2) is 36.5 Å². The molecule has 0 radical (unpaired) electrons. The zero-order chi connectivity index (χ0) is 14.2. The Hall–Kier alpha value is -1.31. The minimum atomic E-state index is -0.0930. The Bertz CT molecular complexity index is 288. The lowest BCUT2D eigenvalue weighted by molar-refractivity contribution is -0.140. The molecule has 0 unspecified atom stereocenters. The van der Waals surface area contributed by atoms with Gasteiger partial charge in [-0.2, -0.15) is 0 Å². The largest absolute Gasteiger partial charge is 0.469 e. The molecular formula is C17H28O2. The lowest BCUT2D eigenvalue weighted by Gasteiger charge is -1.99. The Morgan fingerprint density at radius 1 is 0.895 bits per heavy atom. The van der Waals surface area contributed by atoms with E-state index >= 15 is 0 Å². The molecule has 0 N–H and O–H groups in total. The summed E-state index contributed by atoms with van der Waals surface area (Å²) in [5.41, 5.74) is 0. The van der Waals surface area contributed by atoms with Gasteiger partial charge >= 0.3 is 5.97 Å². The number of carbonyl (C=O) groups is 1. The van der Waals surface area contributed by atoms with Crippen molar-refractivity contribution in [2.75, 3.05) is 7.11 Å². The van der Waals surface area contributed by atoms with E-state index < -0.39 is 0 Å². The smallest absolute Gasteiger partial charge is 0.305 e. The molecule has 0 rings (SSSR count). The van der Waals surface area contributed by atoms with Crippen LogP contribution in [0.1, 0.15) is 58.3 Å². The van der Waals surface area contributed by atoms with Crippen molar-refractivity contribution in [3.05, 3.63) is 36.5 Å². The maximum atomic E-state index is 10.9. The molecule has 2 nitrogen and oxygen atoms in total. The van der Waals surface area contributed by atoms with E-state index in [-0.39, 0.29) is 5.97 Å². The molecule has 0 aliphatic heterocycles. The lowest BCUT2D eigenvalue weighted by atomic mass is 10.1. The van der Waals surface area contributed by atoms with Crippen molar-refractivity contribution in [3.8, 4) is 0 Å². The molecule has 0 aliphatic carbocycles. The van der Waals surface area contributed by atoms with Crippen LogP contribution in [-0.4, -0.2) is 13.1 Å². The number of carbonyl (C=O) groups excluding carboxylic acids is 1. The number of allylic oxidation sites excluding steroid dienone is 6. The molecule has 0 heterocycles. The standard InChI is InChI=1S/C17H28O2/c1-3-4-5-6-7-8-9-10-11-12-13-14-15-16-17(18)19-2/h3-4,6-7,9-10H,5,8,11-16H2,1-2H3. The van der Waals surface area contributed by atoms with Gasteiger partial charge in [0.2, 0.25) is 0 Å². The second kappa shape index (κ2) is 14.7. The van der Waals surface area contributed by atoms with Crippen molar-refractivity contribution < 1.29 is 9.53 Å². The van der Waals surface area contributed by atoms with E-state index in [4.69, 9.17) is 0 Å². The first-order chi connectivity index (χ1) is 9.31. The molecule has 0 aromatic rings. The highest BCUT2D eigenvalue weighted by molar-refractivity contribution is 5.68. The summed E-state index contributed by atoms with van der Waals surface area (Å²) in [4.78, 5) is 10.9. The fourth-order valence-electron chi connectivity index (χ4n) is 1.69. The molecule has 2 heteroatoms. The van der Waals surface area contributed by atoms with Gasteiger partial charge in [0, 0.05) is 6.42 Å². The van der Waals surface area contributed by atoms with Crippen LogP contribution in [0.5, 0.6) is 0 Å². The average molecular weight is 264 g/mol. The Kier molecular flexibility index (Phi) is 13.7. The minimum Gasteiger partial charge on any atom is -0.469 e. The van der Waals surface area contributed by atoms with Crippen LogP contribution in [0, 0.1) is 0 Å². The van der Waals surface area contributed by atoms with Gasteiger partial charge in [0.25, 0.3) is 0 Å². The molecule has 19 heavy (non-hydrogen) atoms. The van der Waals surface area contributed by atoms with Crippen LogP contribution >= 0.6 is 0 Å². The van der Waals surface area contributed by atoms with Gasteiger partial charge in [-0.3, -0.25) is 4.79 Å². The van der Waals surface area contributed by atoms with E-state index in [2.05, 4.69) is 41.2 Å². The maximum absolute atomic E-state index is 10.9. The van der Waals surface area contributed by atoms with Gasteiger partial charge in [0.05, 0.1) is 7.11 Å². The molecule has 0 amide bonds. The summed E-state index contributed by atoms with van der Waals surface area (Å²) >= 11 is 0. The number of esters is 1. The normalized spacial score (nSPS) is 11.9. The summed E-state index contributed by atoms with van der Waals surface area (Å²) in [6.07, 6.45) is 21.3. The van der Waals surface area contributed by atoms with E-state index in [1.165, 1.54) is 20.0 Å². The second-order valence-electron chi connectivity index (χ2n) is 4.51. The Labute approximate surface area is 118 Å². The molecule has 0 fully saturated rings. The summed E-state index contributed by atoms with van der Waals surface area (Å²) in [6.45, 7) is 2.04. The van der Waals surface area contributed by atoms with E-state index in [1.54, 1.807) is 0 Å². The van der Waals surface area contributed by atoms with Gasteiger partial charge in [-0.15, -0.1) is 0 Å². The molecule has 0 spiro atoms. The molecule has 0 aromatic heterocycles. The van der Waals surface area contributed by atoms with Crippen LogP contribution in [-0.2, 0) is 9.53 Å². The van der Waals surface area contributed by atoms with Gasteiger partial charge in [-0.1, -0.05) is 49.3 Å². The van der Waals surface area contributed by atoms with Crippen LogP contribution in [0.3, 0.4) is 0 Å². The van der Waals surface area contributed by atoms with Crippen LogP contribution in [0.25, 0.3) is 0 Å². The Morgan fingerprint density at radius 3 is 2.21 bits per heavy atom. The Morgan fingerprint density at radius 2 is 1.53 bits per heavy atom. The van der Waals surface area contributed by atoms with Crippen LogP contribution < -0.4 is 0 Å². The van der Waals surface area contributed by atoms with Crippen molar-refractivity contribution in [2.24, 2.45) is 0 Å². The summed E-state index contributed by atoms with van der Waals surface area (Å²) < 4.78 is 4.60. The van der Waals surface area contributed by atoms with Crippen LogP contribution in [0.4, 0.5) is 0 Å². The van der Waals surface area contributed by atoms with Gasteiger partial charge in [0.1, 0.15) is 0 Å². The third-order valence-electron chi connectivity index (χ3n) is 2.84. The van der Waals surface area contributed by atoms with E-state index in [0.717, 1.165) is 32.1 Å². The molecular weight excluding hydrogens is 236 g/mol. The second-order valence-corrected chi connectivity index (χ2v) is 4.51. The lowest BCUT2D eigenvalue weighted by Crippen LogP contribution is -1.98. The SMILES string of the molecule is CC=CCC=CCC=CCCCCCCC(=O)OC. The number of ether oxygens (including phenoxy) is 1. The number of rotatable bonds is 11. The van der Waals surface area contributed by atoms with E-state index in [9.17, 15) is 4.79 Å². The number of methoxy groups -OCH3 is 1. The monoisotopic (exact) mass is 264 g/mol. The third-order valence-corrected chi connectivity index (χ3v) is 2.84. The van der Waals surface area contributed by atoms with Crippen molar-refractivity contribution in [3.63, 3.8) is 0 Å². The number of hydrogen-bond donors (Lipinski definition) is 0. The first-order valence-corrected chi connectivity index (χ1v) is 7.29. The Balaban J connectivity index is 3.25. The van der Waals surface area contributed by atoms with Crippen LogP contribution in [0.2, 0.25) is 0 Å². The summed E-state index contributed by atoms with van der Waals surface area (Å²) in [7, 11) is 1.44. The van der Waals surface area contributed by atoms with Gasteiger partial charge in [-0.05, 0) is 39.0 Å². The fourth-order valence-corrected chi connectivity index (χ4v) is 1.69. The summed E-state index contributed by atoms with van der Waals surface area (Å²) in [6, 6.07) is 0. The predicted molar refractivity (Wildman–Crippen MR) is 82.0 cm³/mol.